The summed E-state index contributed by atoms with van der Waals surface area (Å²) >= 11 is 5.98. The van der Waals surface area contributed by atoms with Gasteiger partial charge >= 0.3 is 0 Å². The molecule has 0 aromatic heterocycles. The number of carbonyl (C=O) groups excluding carboxylic acids is 1. The Morgan fingerprint density at radius 3 is 2.75 bits per heavy atom. The van der Waals surface area contributed by atoms with Crippen molar-refractivity contribution in [2.45, 2.75) is 25.4 Å². The van der Waals surface area contributed by atoms with Gasteiger partial charge in [0.1, 0.15) is 5.82 Å². The molecule has 1 aliphatic rings. The maximum absolute atomic E-state index is 13.8. The Morgan fingerprint density at radius 2 is 2.00 bits per heavy atom. The van der Waals surface area contributed by atoms with Gasteiger partial charge in [0, 0.05) is 36.3 Å². The van der Waals surface area contributed by atoms with E-state index < -0.39 is 5.82 Å². The molecule has 1 unspecified atom stereocenters. The molecule has 3 rings (SSSR count). The first-order valence-corrected chi connectivity index (χ1v) is 8.48. The van der Waals surface area contributed by atoms with Crippen LogP contribution in [0.4, 0.5) is 4.39 Å². The van der Waals surface area contributed by atoms with Gasteiger partial charge in [-0.2, -0.15) is 0 Å². The van der Waals surface area contributed by atoms with Crippen LogP contribution in [0.15, 0.2) is 48.5 Å². The quantitative estimate of drug-likeness (QED) is 0.899. The number of benzene rings is 2. The third-order valence-electron chi connectivity index (χ3n) is 4.29. The van der Waals surface area contributed by atoms with Crippen molar-refractivity contribution in [3.05, 3.63) is 70.5 Å². The molecule has 3 nitrogen and oxygen atoms in total. The van der Waals surface area contributed by atoms with Crippen LogP contribution in [0, 0.1) is 5.82 Å². The zero-order valence-electron chi connectivity index (χ0n) is 13.3. The summed E-state index contributed by atoms with van der Waals surface area (Å²) in [6.45, 7) is 2.64. The predicted molar refractivity (Wildman–Crippen MR) is 93.4 cm³/mol. The lowest BCUT2D eigenvalue weighted by Gasteiger charge is -2.17. The van der Waals surface area contributed by atoms with Gasteiger partial charge in [0.15, 0.2) is 0 Å². The molecule has 0 spiro atoms. The largest absolute Gasteiger partial charge is 0.352 e. The fourth-order valence-electron chi connectivity index (χ4n) is 3.08. The van der Waals surface area contributed by atoms with Crippen LogP contribution in [-0.4, -0.2) is 29.9 Å². The molecule has 126 valence electrons. The molecule has 0 radical (unpaired) electrons. The number of hydrogen-bond acceptors (Lipinski definition) is 2. The summed E-state index contributed by atoms with van der Waals surface area (Å²) < 4.78 is 13.8. The molecular weight excluding hydrogens is 327 g/mol. The highest BCUT2D eigenvalue weighted by Crippen LogP contribution is 2.20. The molecule has 1 fully saturated rings. The molecule has 1 saturated heterocycles. The number of rotatable bonds is 5. The molecule has 0 aliphatic carbocycles. The first-order chi connectivity index (χ1) is 11.6. The number of hydrogen-bond donors (Lipinski definition) is 1. The van der Waals surface area contributed by atoms with Gasteiger partial charge in [0.25, 0.3) is 0 Å². The third kappa shape index (κ3) is 4.34. The summed E-state index contributed by atoms with van der Waals surface area (Å²) in [5.41, 5.74) is 1.53. The van der Waals surface area contributed by atoms with E-state index in [0.29, 0.717) is 5.02 Å². The third-order valence-corrected chi connectivity index (χ3v) is 4.64. The smallest absolute Gasteiger partial charge is 0.224 e. The molecule has 2 aromatic rings. The van der Waals surface area contributed by atoms with Crippen LogP contribution in [0.3, 0.4) is 0 Å². The Kier molecular flexibility index (Phi) is 5.48. The minimum absolute atomic E-state index is 0.0271. The first-order valence-electron chi connectivity index (χ1n) is 8.10. The van der Waals surface area contributed by atoms with Gasteiger partial charge in [0.05, 0.1) is 6.42 Å². The molecule has 1 amide bonds. The second-order valence-corrected chi connectivity index (χ2v) is 6.56. The van der Waals surface area contributed by atoms with Crippen molar-refractivity contribution in [1.29, 1.82) is 0 Å². The molecule has 0 bridgehead atoms. The maximum Gasteiger partial charge on any atom is 0.224 e. The van der Waals surface area contributed by atoms with Gasteiger partial charge in [-0.15, -0.1) is 0 Å². The molecule has 24 heavy (non-hydrogen) atoms. The molecular formula is C19H20ClFN2O. The van der Waals surface area contributed by atoms with Crippen LogP contribution in [0.5, 0.6) is 0 Å². The summed E-state index contributed by atoms with van der Waals surface area (Å²) in [4.78, 5) is 14.5. The van der Waals surface area contributed by atoms with Crippen molar-refractivity contribution in [2.24, 2.45) is 0 Å². The van der Waals surface area contributed by atoms with Gasteiger partial charge in [-0.25, -0.2) is 4.39 Å². The standard InChI is InChI=1S/C19H20ClFN2O/c20-17-7-4-8-18(21)16(17)11-19(24)22-15-9-10-23(13-15)12-14-5-2-1-3-6-14/h1-8,15H,9-13H2,(H,22,24). The van der Waals surface area contributed by atoms with E-state index in [-0.39, 0.29) is 23.9 Å². The van der Waals surface area contributed by atoms with E-state index in [9.17, 15) is 9.18 Å². The van der Waals surface area contributed by atoms with Crippen LogP contribution in [-0.2, 0) is 17.8 Å². The van der Waals surface area contributed by atoms with E-state index in [2.05, 4.69) is 22.3 Å². The van der Waals surface area contributed by atoms with Gasteiger partial charge in [-0.1, -0.05) is 48.0 Å². The van der Waals surface area contributed by atoms with Crippen LogP contribution in [0.25, 0.3) is 0 Å². The Balaban J connectivity index is 1.51. The molecule has 1 N–H and O–H groups in total. The summed E-state index contributed by atoms with van der Waals surface area (Å²) in [5, 5.41) is 3.29. The molecule has 0 saturated carbocycles. The number of amides is 1. The predicted octanol–water partition coefficient (Wildman–Crippen LogP) is 3.41. The number of likely N-dealkylation sites (tertiary alicyclic amines) is 1. The second-order valence-electron chi connectivity index (χ2n) is 6.15. The van der Waals surface area contributed by atoms with Crippen molar-refractivity contribution in [2.75, 3.05) is 13.1 Å². The summed E-state index contributed by atoms with van der Waals surface area (Å²) in [6, 6.07) is 14.8. The molecule has 1 aliphatic heterocycles. The lowest BCUT2D eigenvalue weighted by atomic mass is 10.1. The van der Waals surface area contributed by atoms with Crippen molar-refractivity contribution in [3.63, 3.8) is 0 Å². The van der Waals surface area contributed by atoms with Gasteiger partial charge in [0.2, 0.25) is 5.91 Å². The first kappa shape index (κ1) is 16.9. The summed E-state index contributed by atoms with van der Waals surface area (Å²) in [5.74, 6) is -0.622. The van der Waals surface area contributed by atoms with Gasteiger partial charge in [-0.3, -0.25) is 9.69 Å². The minimum atomic E-state index is -0.435. The second kappa shape index (κ2) is 7.77. The molecule has 1 atom stereocenters. The Hall–Kier alpha value is -1.91. The number of nitrogens with one attached hydrogen (secondary N) is 1. The van der Waals surface area contributed by atoms with Crippen LogP contribution >= 0.6 is 11.6 Å². The number of carbonyl (C=O) groups is 1. The van der Waals surface area contributed by atoms with Gasteiger partial charge in [-0.05, 0) is 24.1 Å². The minimum Gasteiger partial charge on any atom is -0.352 e. The van der Waals surface area contributed by atoms with Crippen molar-refractivity contribution < 1.29 is 9.18 Å². The highest BCUT2D eigenvalue weighted by Gasteiger charge is 2.24. The van der Waals surface area contributed by atoms with E-state index in [1.54, 1.807) is 6.07 Å². The SMILES string of the molecule is O=C(Cc1c(F)cccc1Cl)NC1CCN(Cc2ccccc2)C1. The van der Waals surface area contributed by atoms with Crippen molar-refractivity contribution in [3.8, 4) is 0 Å². The maximum atomic E-state index is 13.8. The molecule has 2 aromatic carbocycles. The monoisotopic (exact) mass is 346 g/mol. The van der Waals surface area contributed by atoms with E-state index in [4.69, 9.17) is 11.6 Å². The van der Waals surface area contributed by atoms with E-state index in [1.165, 1.54) is 17.7 Å². The highest BCUT2D eigenvalue weighted by atomic mass is 35.5. The van der Waals surface area contributed by atoms with Crippen LogP contribution < -0.4 is 5.32 Å². The topological polar surface area (TPSA) is 32.3 Å². The van der Waals surface area contributed by atoms with Crippen molar-refractivity contribution in [1.82, 2.24) is 10.2 Å². The lowest BCUT2D eigenvalue weighted by molar-refractivity contribution is -0.121. The fraction of sp³-hybridized carbons (Fsp3) is 0.316. The Labute approximate surface area is 146 Å². The lowest BCUT2D eigenvalue weighted by Crippen LogP contribution is -2.38. The van der Waals surface area contributed by atoms with E-state index in [0.717, 1.165) is 26.1 Å². The average Bonchev–Trinajstić information content (AvgIpc) is 2.99. The van der Waals surface area contributed by atoms with Crippen LogP contribution in [0.2, 0.25) is 5.02 Å². The highest BCUT2D eigenvalue weighted by molar-refractivity contribution is 6.31. The van der Waals surface area contributed by atoms with Crippen LogP contribution in [0.1, 0.15) is 17.5 Å². The van der Waals surface area contributed by atoms with E-state index >= 15 is 0 Å². The summed E-state index contributed by atoms with van der Waals surface area (Å²) in [6.07, 6.45) is 0.879. The Morgan fingerprint density at radius 1 is 1.21 bits per heavy atom. The summed E-state index contributed by atoms with van der Waals surface area (Å²) in [7, 11) is 0. The van der Waals surface area contributed by atoms with Gasteiger partial charge < -0.3 is 5.32 Å². The van der Waals surface area contributed by atoms with E-state index in [1.807, 2.05) is 18.2 Å². The molecule has 5 heteroatoms. The zero-order valence-corrected chi connectivity index (χ0v) is 14.1. The number of nitrogens with zero attached hydrogens (tertiary/aromatic N) is 1. The normalized spacial score (nSPS) is 17.8. The number of halogens is 2. The average molecular weight is 347 g/mol. The fourth-order valence-corrected chi connectivity index (χ4v) is 3.31. The van der Waals surface area contributed by atoms with Crippen molar-refractivity contribution >= 4 is 17.5 Å². The molecule has 1 heterocycles. The zero-order chi connectivity index (χ0) is 16.9. The Bertz CT molecular complexity index is 688.